The van der Waals surface area contributed by atoms with E-state index in [1.807, 2.05) is 24.3 Å². The Morgan fingerprint density at radius 2 is 2.00 bits per heavy atom. The number of carbonyl (C=O) groups is 1. The first-order valence-electron chi connectivity index (χ1n) is 8.76. The maximum Gasteiger partial charge on any atom is 0.273 e. The molecular weight excluding hydrogens is 340 g/mol. The van der Waals surface area contributed by atoms with Gasteiger partial charge in [0, 0.05) is 17.5 Å². The topological polar surface area (TPSA) is 79.9 Å². The third kappa shape index (κ3) is 4.19. The zero-order valence-electron chi connectivity index (χ0n) is 13.9. The van der Waals surface area contributed by atoms with Crippen LogP contribution in [0.4, 0.5) is 0 Å². The third-order valence-corrected chi connectivity index (χ3v) is 4.93. The highest BCUT2D eigenvalue weighted by atomic mass is 35.5. The molecule has 4 rings (SSSR count). The first kappa shape index (κ1) is 16.5. The van der Waals surface area contributed by atoms with Gasteiger partial charge in [-0.1, -0.05) is 23.7 Å². The lowest BCUT2D eigenvalue weighted by Gasteiger charge is -2.19. The van der Waals surface area contributed by atoms with Gasteiger partial charge in [-0.3, -0.25) is 4.79 Å². The highest BCUT2D eigenvalue weighted by molar-refractivity contribution is 6.30. The average Bonchev–Trinajstić information content (AvgIpc) is 3.55. The Kier molecular flexibility index (Phi) is 4.72. The van der Waals surface area contributed by atoms with Crippen molar-refractivity contribution in [2.75, 3.05) is 13.2 Å². The first-order chi connectivity index (χ1) is 12.2. The first-order valence-corrected chi connectivity index (χ1v) is 9.14. The number of benzene rings is 1. The number of nitrogens with one attached hydrogen (secondary N) is 2. The van der Waals surface area contributed by atoms with Crippen molar-refractivity contribution in [3.8, 4) is 0 Å². The predicted octanol–water partition coefficient (Wildman–Crippen LogP) is 3.23. The van der Waals surface area contributed by atoms with Crippen LogP contribution in [0.2, 0.25) is 5.02 Å². The molecule has 2 aliphatic rings. The standard InChI is InChI=1S/C18H21ClN4O2/c19-14-7-5-12(6-8-14)15(25-10-11-1-2-11)9-20-18(24)17-16(13-3-4-13)21-23-22-17/h5-8,11,13,15H,1-4,9-10H2,(H,20,24)(H,21,22,23). The van der Waals surface area contributed by atoms with Gasteiger partial charge in [0.1, 0.15) is 0 Å². The number of carbonyl (C=O) groups excluding carboxylic acids is 1. The molecule has 1 atom stereocenters. The molecule has 7 heteroatoms. The summed E-state index contributed by atoms with van der Waals surface area (Å²) in [6, 6.07) is 7.57. The molecule has 2 aromatic rings. The van der Waals surface area contributed by atoms with Crippen LogP contribution in [-0.2, 0) is 4.74 Å². The summed E-state index contributed by atoms with van der Waals surface area (Å²) < 4.78 is 6.05. The van der Waals surface area contributed by atoms with Gasteiger partial charge in [-0.15, -0.1) is 0 Å². The van der Waals surface area contributed by atoms with Crippen LogP contribution in [0.25, 0.3) is 0 Å². The number of amides is 1. The number of hydrogen-bond donors (Lipinski definition) is 2. The van der Waals surface area contributed by atoms with Crippen molar-refractivity contribution in [1.82, 2.24) is 20.7 Å². The van der Waals surface area contributed by atoms with Crippen molar-refractivity contribution >= 4 is 17.5 Å². The second kappa shape index (κ2) is 7.14. The Hall–Kier alpha value is -1.92. The lowest BCUT2D eigenvalue weighted by molar-refractivity contribution is 0.0436. The number of nitrogens with zero attached hydrogens (tertiary/aromatic N) is 2. The molecule has 2 N–H and O–H groups in total. The summed E-state index contributed by atoms with van der Waals surface area (Å²) in [5.74, 6) is 0.824. The molecule has 132 valence electrons. The van der Waals surface area contributed by atoms with E-state index in [9.17, 15) is 4.79 Å². The van der Waals surface area contributed by atoms with Crippen molar-refractivity contribution in [2.24, 2.45) is 5.92 Å². The zero-order valence-corrected chi connectivity index (χ0v) is 14.6. The van der Waals surface area contributed by atoms with Crippen molar-refractivity contribution in [1.29, 1.82) is 0 Å². The van der Waals surface area contributed by atoms with Crippen LogP contribution in [-0.4, -0.2) is 34.5 Å². The van der Waals surface area contributed by atoms with Crippen LogP contribution in [0.1, 0.15) is 59.5 Å². The van der Waals surface area contributed by atoms with Crippen molar-refractivity contribution < 1.29 is 9.53 Å². The predicted molar refractivity (Wildman–Crippen MR) is 93.6 cm³/mol. The van der Waals surface area contributed by atoms with Gasteiger partial charge in [-0.2, -0.15) is 15.4 Å². The number of rotatable bonds is 8. The number of aromatic nitrogens is 3. The Balaban J connectivity index is 1.41. The largest absolute Gasteiger partial charge is 0.371 e. The van der Waals surface area contributed by atoms with Gasteiger partial charge >= 0.3 is 0 Å². The van der Waals surface area contributed by atoms with E-state index < -0.39 is 0 Å². The Bertz CT molecular complexity index is 738. The summed E-state index contributed by atoms with van der Waals surface area (Å²) in [7, 11) is 0. The summed E-state index contributed by atoms with van der Waals surface area (Å²) in [5, 5.41) is 14.3. The van der Waals surface area contributed by atoms with Crippen LogP contribution >= 0.6 is 11.6 Å². The normalized spacial score (nSPS) is 18.1. The molecule has 6 nitrogen and oxygen atoms in total. The second-order valence-corrected chi connectivity index (χ2v) is 7.30. The minimum atomic E-state index is -0.204. The van der Waals surface area contributed by atoms with Crippen LogP contribution in [0.3, 0.4) is 0 Å². The van der Waals surface area contributed by atoms with E-state index in [-0.39, 0.29) is 12.0 Å². The molecule has 1 unspecified atom stereocenters. The molecule has 1 heterocycles. The molecule has 0 spiro atoms. The molecule has 1 aromatic carbocycles. The minimum Gasteiger partial charge on any atom is -0.371 e. The molecule has 1 aromatic heterocycles. The van der Waals surface area contributed by atoms with Crippen LogP contribution in [0.15, 0.2) is 24.3 Å². The van der Waals surface area contributed by atoms with E-state index in [0.717, 1.165) is 30.7 Å². The smallest absolute Gasteiger partial charge is 0.273 e. The van der Waals surface area contributed by atoms with Gasteiger partial charge in [0.2, 0.25) is 0 Å². The van der Waals surface area contributed by atoms with E-state index >= 15 is 0 Å². The van der Waals surface area contributed by atoms with Crippen LogP contribution in [0.5, 0.6) is 0 Å². The van der Waals surface area contributed by atoms with E-state index in [4.69, 9.17) is 16.3 Å². The fourth-order valence-electron chi connectivity index (χ4n) is 2.80. The van der Waals surface area contributed by atoms with Gasteiger partial charge < -0.3 is 10.1 Å². The molecular formula is C18H21ClN4O2. The van der Waals surface area contributed by atoms with Gasteiger partial charge in [0.05, 0.1) is 18.4 Å². The molecule has 0 radical (unpaired) electrons. The van der Waals surface area contributed by atoms with Crippen LogP contribution in [0, 0.1) is 5.92 Å². The number of H-pyrrole nitrogens is 1. The Morgan fingerprint density at radius 3 is 2.68 bits per heavy atom. The van der Waals surface area contributed by atoms with Crippen molar-refractivity contribution in [2.45, 2.75) is 37.7 Å². The highest BCUT2D eigenvalue weighted by Crippen LogP contribution is 2.39. The summed E-state index contributed by atoms with van der Waals surface area (Å²) in [6.07, 6.45) is 4.40. The monoisotopic (exact) mass is 360 g/mol. The maximum atomic E-state index is 12.5. The number of ether oxygens (including phenoxy) is 1. The van der Waals surface area contributed by atoms with Crippen molar-refractivity contribution in [3.63, 3.8) is 0 Å². The average molecular weight is 361 g/mol. The molecule has 0 bridgehead atoms. The highest BCUT2D eigenvalue weighted by Gasteiger charge is 2.32. The third-order valence-electron chi connectivity index (χ3n) is 4.67. The number of aromatic amines is 1. The summed E-state index contributed by atoms with van der Waals surface area (Å²) >= 11 is 5.97. The fourth-order valence-corrected chi connectivity index (χ4v) is 2.93. The number of halogens is 1. The quantitative estimate of drug-likeness (QED) is 0.757. The van der Waals surface area contributed by atoms with Gasteiger partial charge in [0.15, 0.2) is 5.69 Å². The molecule has 2 aliphatic carbocycles. The Morgan fingerprint density at radius 1 is 1.24 bits per heavy atom. The second-order valence-electron chi connectivity index (χ2n) is 6.86. The van der Waals surface area contributed by atoms with E-state index in [1.54, 1.807) is 0 Å². The molecule has 2 saturated carbocycles. The maximum absolute atomic E-state index is 12.5. The molecule has 2 fully saturated rings. The molecule has 25 heavy (non-hydrogen) atoms. The van der Waals surface area contributed by atoms with Crippen LogP contribution < -0.4 is 5.32 Å². The lowest BCUT2D eigenvalue weighted by atomic mass is 10.1. The molecule has 0 aliphatic heterocycles. The Labute approximate surface area is 151 Å². The van der Waals surface area contributed by atoms with Gasteiger partial charge in [-0.05, 0) is 49.3 Å². The zero-order chi connectivity index (χ0) is 17.2. The summed E-state index contributed by atoms with van der Waals surface area (Å²) in [5.41, 5.74) is 2.19. The lowest BCUT2D eigenvalue weighted by Crippen LogP contribution is -2.30. The SMILES string of the molecule is O=C(NCC(OCC1CC1)c1ccc(Cl)cc1)c1n[nH]nc1C1CC1. The van der Waals surface area contributed by atoms with E-state index in [0.29, 0.717) is 29.1 Å². The minimum absolute atomic E-state index is 0.196. The van der Waals surface area contributed by atoms with Gasteiger partial charge in [0.25, 0.3) is 5.91 Å². The van der Waals surface area contributed by atoms with Crippen molar-refractivity contribution in [3.05, 3.63) is 46.2 Å². The summed E-state index contributed by atoms with van der Waals surface area (Å²) in [6.45, 7) is 1.12. The number of hydrogen-bond acceptors (Lipinski definition) is 4. The summed E-state index contributed by atoms with van der Waals surface area (Å²) in [4.78, 5) is 12.5. The fraction of sp³-hybridized carbons (Fsp3) is 0.500. The van der Waals surface area contributed by atoms with E-state index in [2.05, 4.69) is 20.7 Å². The van der Waals surface area contributed by atoms with Gasteiger partial charge in [-0.25, -0.2) is 0 Å². The van der Waals surface area contributed by atoms with E-state index in [1.165, 1.54) is 12.8 Å². The molecule has 1 amide bonds. The molecule has 0 saturated heterocycles.